The van der Waals surface area contributed by atoms with Crippen LogP contribution in [0.3, 0.4) is 0 Å². The molecule has 0 atom stereocenters. The third-order valence-electron chi connectivity index (χ3n) is 10.4. The fraction of sp³-hybridized carbons (Fsp3) is 0.263. The summed E-state index contributed by atoms with van der Waals surface area (Å²) in [6.07, 6.45) is 7.51. The molecule has 4 bridgehead atoms. The molecule has 39 heavy (non-hydrogen) atoms. The van der Waals surface area contributed by atoms with Gasteiger partial charge in [-0.3, -0.25) is 0 Å². The molecule has 4 fully saturated rings. The molecule has 1 heteroatoms. The van der Waals surface area contributed by atoms with Crippen molar-refractivity contribution in [1.82, 2.24) is 0 Å². The van der Waals surface area contributed by atoms with Crippen molar-refractivity contribution in [1.29, 1.82) is 0 Å². The lowest BCUT2D eigenvalue weighted by atomic mass is 9.32. The molecule has 0 nitrogen and oxygen atoms in total. The molecule has 0 unspecified atom stereocenters. The van der Waals surface area contributed by atoms with Gasteiger partial charge in [-0.05, 0) is 89.2 Å². The first kappa shape index (κ1) is 23.5. The van der Waals surface area contributed by atoms with Gasteiger partial charge in [0.25, 0.3) is 0 Å². The first-order valence-electron chi connectivity index (χ1n) is 14.5. The van der Waals surface area contributed by atoms with Gasteiger partial charge in [0.2, 0.25) is 0 Å². The summed E-state index contributed by atoms with van der Waals surface area (Å²) in [5.41, 5.74) is 6.65. The van der Waals surface area contributed by atoms with Crippen molar-refractivity contribution in [2.45, 2.75) is 60.2 Å². The Labute approximate surface area is 236 Å². The molecular weight excluding hydrogens is 488 g/mol. The van der Waals surface area contributed by atoms with E-state index in [2.05, 4.69) is 145 Å². The zero-order valence-corrected chi connectivity index (χ0v) is 23.2. The van der Waals surface area contributed by atoms with E-state index in [4.69, 9.17) is 0 Å². The minimum atomic E-state index is 0.161. The summed E-state index contributed by atoms with van der Waals surface area (Å²) in [6.45, 7) is 0. The van der Waals surface area contributed by atoms with Gasteiger partial charge >= 0.3 is 0 Å². The Morgan fingerprint density at radius 3 is 1.13 bits per heavy atom. The molecule has 0 aliphatic heterocycles. The van der Waals surface area contributed by atoms with Crippen LogP contribution in [0, 0.1) is 0 Å². The molecule has 192 valence electrons. The second-order valence-electron chi connectivity index (χ2n) is 12.8. The van der Waals surface area contributed by atoms with E-state index in [-0.39, 0.29) is 21.7 Å². The average Bonchev–Trinajstić information content (AvgIpc) is 3.50. The van der Waals surface area contributed by atoms with E-state index in [0.29, 0.717) is 0 Å². The van der Waals surface area contributed by atoms with Crippen molar-refractivity contribution in [3.8, 4) is 10.4 Å². The van der Waals surface area contributed by atoms with Crippen LogP contribution in [-0.2, 0) is 21.7 Å². The van der Waals surface area contributed by atoms with Crippen LogP contribution in [0.25, 0.3) is 10.4 Å². The van der Waals surface area contributed by atoms with Gasteiger partial charge < -0.3 is 0 Å². The van der Waals surface area contributed by atoms with Gasteiger partial charge in [-0.1, -0.05) is 121 Å². The van der Waals surface area contributed by atoms with E-state index in [1.165, 1.54) is 49.0 Å². The first-order chi connectivity index (χ1) is 19.1. The van der Waals surface area contributed by atoms with Crippen molar-refractivity contribution in [2.24, 2.45) is 0 Å². The van der Waals surface area contributed by atoms with Crippen molar-refractivity contribution in [3.63, 3.8) is 0 Å². The number of hydrogen-bond donors (Lipinski definition) is 0. The van der Waals surface area contributed by atoms with Crippen molar-refractivity contribution in [3.05, 3.63) is 155 Å². The minimum absolute atomic E-state index is 0.161. The number of hydrogen-bond acceptors (Lipinski definition) is 1. The highest BCUT2D eigenvalue weighted by Crippen LogP contribution is 2.75. The van der Waals surface area contributed by atoms with Crippen LogP contribution in [0.4, 0.5) is 0 Å². The van der Waals surface area contributed by atoms with Crippen LogP contribution < -0.4 is 0 Å². The van der Waals surface area contributed by atoms with E-state index in [9.17, 15) is 0 Å². The van der Waals surface area contributed by atoms with Crippen molar-refractivity contribution in [2.75, 3.05) is 0 Å². The van der Waals surface area contributed by atoms with Crippen LogP contribution in [0.5, 0.6) is 0 Å². The Hall–Kier alpha value is -3.42. The molecule has 0 spiro atoms. The second kappa shape index (κ2) is 8.54. The Morgan fingerprint density at radius 1 is 0.359 bits per heavy atom. The second-order valence-corrected chi connectivity index (χ2v) is 13.9. The molecule has 1 heterocycles. The van der Waals surface area contributed by atoms with Gasteiger partial charge in [0.15, 0.2) is 0 Å². The fourth-order valence-electron chi connectivity index (χ4n) is 9.57. The zero-order valence-electron chi connectivity index (χ0n) is 22.4. The normalized spacial score (nSPS) is 30.9. The SMILES string of the molecule is c1ccc(-c2ccc(C34CC5(c6ccccc6)CC(c6ccccc6)(CC(c6ccccc6)(C5)C3)C4)s2)cc1. The lowest BCUT2D eigenvalue weighted by Gasteiger charge is -2.71. The van der Waals surface area contributed by atoms with Crippen LogP contribution in [0.1, 0.15) is 60.1 Å². The standard InChI is InChI=1S/C38H34S/c1-5-13-29(14-6-1)33-21-22-34(39-33)38-26-35(30-15-7-2-8-16-30)23-36(27-38,31-17-9-3-10-18-31)25-37(24-35,28-38)32-19-11-4-12-20-32/h1-22H,23-28H2. The predicted molar refractivity (Wildman–Crippen MR) is 163 cm³/mol. The van der Waals surface area contributed by atoms with Crippen molar-refractivity contribution < 1.29 is 0 Å². The molecule has 0 radical (unpaired) electrons. The molecule has 4 aliphatic carbocycles. The Balaban J connectivity index is 1.38. The topological polar surface area (TPSA) is 0 Å². The summed E-state index contributed by atoms with van der Waals surface area (Å²) in [6, 6.07) is 50.6. The Bertz CT molecular complexity index is 1460. The van der Waals surface area contributed by atoms with Gasteiger partial charge in [-0.25, -0.2) is 0 Å². The highest BCUT2D eigenvalue weighted by molar-refractivity contribution is 7.15. The van der Waals surface area contributed by atoms with Gasteiger partial charge in [0, 0.05) is 15.2 Å². The fourth-order valence-corrected chi connectivity index (χ4v) is 10.8. The number of thiophene rings is 1. The molecule has 9 rings (SSSR count). The summed E-state index contributed by atoms with van der Waals surface area (Å²) in [4.78, 5) is 3.00. The Morgan fingerprint density at radius 2 is 0.718 bits per heavy atom. The zero-order chi connectivity index (χ0) is 26.0. The van der Waals surface area contributed by atoms with Gasteiger partial charge in [0.05, 0.1) is 0 Å². The van der Waals surface area contributed by atoms with E-state index in [0.717, 1.165) is 0 Å². The predicted octanol–water partition coefficient (Wildman–Crippen LogP) is 9.85. The molecule has 4 aliphatic rings. The van der Waals surface area contributed by atoms with E-state index in [1.807, 2.05) is 0 Å². The van der Waals surface area contributed by atoms with Crippen LogP contribution >= 0.6 is 11.3 Å². The molecule has 0 N–H and O–H groups in total. The van der Waals surface area contributed by atoms with Crippen LogP contribution in [-0.4, -0.2) is 0 Å². The van der Waals surface area contributed by atoms with E-state index >= 15 is 0 Å². The quantitative estimate of drug-likeness (QED) is 0.215. The largest absolute Gasteiger partial charge is 0.140 e. The summed E-state index contributed by atoms with van der Waals surface area (Å²) < 4.78 is 0. The molecule has 0 saturated heterocycles. The molecule has 4 aromatic carbocycles. The average molecular weight is 523 g/mol. The summed E-state index contributed by atoms with van der Waals surface area (Å²) in [5, 5.41) is 0. The van der Waals surface area contributed by atoms with Gasteiger partial charge in [-0.2, -0.15) is 0 Å². The lowest BCUT2D eigenvalue weighted by molar-refractivity contribution is -0.0678. The lowest BCUT2D eigenvalue weighted by Crippen LogP contribution is -2.67. The molecule has 1 aromatic heterocycles. The molecular formula is C38H34S. The van der Waals surface area contributed by atoms with E-state index < -0.39 is 0 Å². The maximum absolute atomic E-state index is 2.50. The van der Waals surface area contributed by atoms with Gasteiger partial charge in [-0.15, -0.1) is 11.3 Å². The highest BCUT2D eigenvalue weighted by Gasteiger charge is 2.69. The molecule has 5 aromatic rings. The molecule has 0 amide bonds. The smallest absolute Gasteiger partial charge is 0.0345 e. The monoisotopic (exact) mass is 522 g/mol. The van der Waals surface area contributed by atoms with Crippen LogP contribution in [0.15, 0.2) is 133 Å². The minimum Gasteiger partial charge on any atom is -0.140 e. The third kappa shape index (κ3) is 3.56. The van der Waals surface area contributed by atoms with Crippen molar-refractivity contribution >= 4 is 11.3 Å². The maximum atomic E-state index is 2.50. The summed E-state index contributed by atoms with van der Waals surface area (Å²) >= 11 is 2.06. The van der Waals surface area contributed by atoms with E-state index in [1.54, 1.807) is 21.6 Å². The van der Waals surface area contributed by atoms with Crippen LogP contribution in [0.2, 0.25) is 0 Å². The number of benzene rings is 4. The molecule has 4 saturated carbocycles. The highest BCUT2D eigenvalue weighted by atomic mass is 32.1. The third-order valence-corrected chi connectivity index (χ3v) is 11.8. The maximum Gasteiger partial charge on any atom is 0.0345 e. The number of rotatable bonds is 5. The first-order valence-corrected chi connectivity index (χ1v) is 15.3. The summed E-state index contributed by atoms with van der Waals surface area (Å²) in [5.74, 6) is 0. The Kier molecular flexibility index (Phi) is 5.14. The van der Waals surface area contributed by atoms with Gasteiger partial charge in [0.1, 0.15) is 0 Å². The summed E-state index contributed by atoms with van der Waals surface area (Å²) in [7, 11) is 0.